The van der Waals surface area contributed by atoms with E-state index in [2.05, 4.69) is 35.0 Å². The van der Waals surface area contributed by atoms with E-state index in [1.54, 1.807) is 0 Å². The van der Waals surface area contributed by atoms with E-state index >= 15 is 0 Å². The van der Waals surface area contributed by atoms with Crippen LogP contribution in [0.15, 0.2) is 22.7 Å². The normalized spacial score (nSPS) is 16.9. The molecule has 1 aromatic rings. The van der Waals surface area contributed by atoms with Crippen molar-refractivity contribution in [3.05, 3.63) is 28.2 Å². The van der Waals surface area contributed by atoms with Gasteiger partial charge in [0, 0.05) is 10.5 Å². The van der Waals surface area contributed by atoms with Gasteiger partial charge in [-0.05, 0) is 55.4 Å². The average Bonchev–Trinajstić information content (AvgIpc) is 3.14. The molecule has 0 saturated heterocycles. The molecular weight excluding hydrogens is 278 g/mol. The number of nitrogens with two attached hydrogens (primary N) is 1. The molecule has 2 N–H and O–H groups in total. The molecule has 3 heteroatoms. The smallest absolute Gasteiger partial charge is 0.119 e. The van der Waals surface area contributed by atoms with Crippen LogP contribution in [0.2, 0.25) is 0 Å². The maximum absolute atomic E-state index is 5.99. The predicted octanol–water partition coefficient (Wildman–Crippen LogP) is 3.52. The molecule has 0 spiro atoms. The van der Waals surface area contributed by atoms with Crippen molar-refractivity contribution >= 4 is 15.9 Å². The van der Waals surface area contributed by atoms with Crippen molar-refractivity contribution in [3.63, 3.8) is 0 Å². The number of hydrogen-bond acceptors (Lipinski definition) is 2. The Labute approximate surface area is 112 Å². The quantitative estimate of drug-likeness (QED) is 0.872. The molecule has 0 heterocycles. The zero-order valence-corrected chi connectivity index (χ0v) is 11.9. The van der Waals surface area contributed by atoms with Crippen molar-refractivity contribution in [2.45, 2.75) is 38.6 Å². The van der Waals surface area contributed by atoms with Crippen molar-refractivity contribution < 1.29 is 4.74 Å². The highest BCUT2D eigenvalue weighted by atomic mass is 79.9. The summed E-state index contributed by atoms with van der Waals surface area (Å²) >= 11 is 3.57. The molecule has 0 radical (unpaired) electrons. The van der Waals surface area contributed by atoms with E-state index in [0.717, 1.165) is 35.6 Å². The summed E-state index contributed by atoms with van der Waals surface area (Å²) in [5.74, 6) is 1.76. The van der Waals surface area contributed by atoms with Gasteiger partial charge in [0.15, 0.2) is 0 Å². The summed E-state index contributed by atoms with van der Waals surface area (Å²) in [5.41, 5.74) is 7.24. The van der Waals surface area contributed by atoms with Crippen LogP contribution in [-0.2, 0) is 6.42 Å². The van der Waals surface area contributed by atoms with E-state index in [4.69, 9.17) is 10.5 Å². The fraction of sp³-hybridized carbons (Fsp3) is 0.571. The van der Waals surface area contributed by atoms with E-state index in [0.29, 0.717) is 0 Å². The third kappa shape index (κ3) is 4.00. The highest BCUT2D eigenvalue weighted by Crippen LogP contribution is 2.30. The van der Waals surface area contributed by atoms with Crippen LogP contribution in [0.1, 0.15) is 31.7 Å². The van der Waals surface area contributed by atoms with Crippen LogP contribution in [0.5, 0.6) is 5.75 Å². The Balaban J connectivity index is 1.99. The summed E-state index contributed by atoms with van der Waals surface area (Å²) in [5, 5.41) is 0. The summed E-state index contributed by atoms with van der Waals surface area (Å²) in [6.45, 7) is 2.98. The van der Waals surface area contributed by atoms with E-state index in [1.807, 2.05) is 6.07 Å². The second kappa shape index (κ2) is 5.87. The van der Waals surface area contributed by atoms with Crippen LogP contribution >= 0.6 is 15.9 Å². The third-order valence-electron chi connectivity index (χ3n) is 3.21. The SMILES string of the molecule is CCC(N)Cc1cc(OCC2CC2)ccc1Br. The molecule has 1 saturated carbocycles. The summed E-state index contributed by atoms with van der Waals surface area (Å²) in [6, 6.07) is 6.42. The fourth-order valence-electron chi connectivity index (χ4n) is 1.72. The molecule has 17 heavy (non-hydrogen) atoms. The van der Waals surface area contributed by atoms with E-state index in [1.165, 1.54) is 18.4 Å². The van der Waals surface area contributed by atoms with Crippen molar-refractivity contribution in [2.24, 2.45) is 11.7 Å². The van der Waals surface area contributed by atoms with E-state index in [9.17, 15) is 0 Å². The molecule has 2 nitrogen and oxygen atoms in total. The van der Waals surface area contributed by atoms with Crippen LogP contribution in [0, 0.1) is 5.92 Å². The molecule has 0 bridgehead atoms. The molecule has 1 atom stereocenters. The van der Waals surface area contributed by atoms with Gasteiger partial charge >= 0.3 is 0 Å². The zero-order chi connectivity index (χ0) is 12.3. The topological polar surface area (TPSA) is 35.2 Å². The minimum atomic E-state index is 0.227. The first-order valence-electron chi connectivity index (χ1n) is 6.36. The van der Waals surface area contributed by atoms with E-state index < -0.39 is 0 Å². The van der Waals surface area contributed by atoms with Gasteiger partial charge in [0.25, 0.3) is 0 Å². The number of halogens is 1. The van der Waals surface area contributed by atoms with Gasteiger partial charge in [-0.15, -0.1) is 0 Å². The third-order valence-corrected chi connectivity index (χ3v) is 3.98. The summed E-state index contributed by atoms with van der Waals surface area (Å²) in [6.07, 6.45) is 4.55. The maximum atomic E-state index is 5.99. The summed E-state index contributed by atoms with van der Waals surface area (Å²) in [4.78, 5) is 0. The van der Waals surface area contributed by atoms with Crippen LogP contribution < -0.4 is 10.5 Å². The Bertz CT molecular complexity index is 376. The molecule has 1 aliphatic rings. The minimum absolute atomic E-state index is 0.227. The van der Waals surface area contributed by atoms with Gasteiger partial charge in [0.05, 0.1) is 6.61 Å². The number of benzene rings is 1. The Hall–Kier alpha value is -0.540. The molecule has 1 aromatic carbocycles. The molecule has 0 aliphatic heterocycles. The fourth-order valence-corrected chi connectivity index (χ4v) is 2.13. The van der Waals surface area contributed by atoms with Gasteiger partial charge < -0.3 is 10.5 Å². The van der Waals surface area contributed by atoms with E-state index in [-0.39, 0.29) is 6.04 Å². The van der Waals surface area contributed by atoms with Crippen molar-refractivity contribution in [3.8, 4) is 5.75 Å². The number of hydrogen-bond donors (Lipinski definition) is 1. The van der Waals surface area contributed by atoms with Gasteiger partial charge in [-0.3, -0.25) is 0 Å². The molecule has 0 amide bonds. The molecule has 1 fully saturated rings. The Morgan fingerprint density at radius 2 is 2.24 bits per heavy atom. The average molecular weight is 298 g/mol. The predicted molar refractivity (Wildman–Crippen MR) is 74.3 cm³/mol. The van der Waals surface area contributed by atoms with Gasteiger partial charge in [0.2, 0.25) is 0 Å². The van der Waals surface area contributed by atoms with Crippen LogP contribution in [0.3, 0.4) is 0 Å². The molecule has 1 aliphatic carbocycles. The van der Waals surface area contributed by atoms with Gasteiger partial charge in [-0.2, -0.15) is 0 Å². The van der Waals surface area contributed by atoms with Crippen molar-refractivity contribution in [2.75, 3.05) is 6.61 Å². The minimum Gasteiger partial charge on any atom is -0.493 e. The molecule has 94 valence electrons. The van der Waals surface area contributed by atoms with Gasteiger partial charge in [0.1, 0.15) is 5.75 Å². The first-order valence-corrected chi connectivity index (χ1v) is 7.15. The maximum Gasteiger partial charge on any atom is 0.119 e. The standard InChI is InChI=1S/C14H20BrNO/c1-2-12(16)7-11-8-13(5-6-14(11)15)17-9-10-3-4-10/h5-6,8,10,12H,2-4,7,9,16H2,1H3. The van der Waals surface area contributed by atoms with Gasteiger partial charge in [-0.1, -0.05) is 22.9 Å². The zero-order valence-electron chi connectivity index (χ0n) is 10.3. The van der Waals surface area contributed by atoms with Crippen molar-refractivity contribution in [1.29, 1.82) is 0 Å². The lowest BCUT2D eigenvalue weighted by Crippen LogP contribution is -2.21. The van der Waals surface area contributed by atoms with Gasteiger partial charge in [-0.25, -0.2) is 0 Å². The number of rotatable bonds is 6. The lowest BCUT2D eigenvalue weighted by molar-refractivity contribution is 0.299. The summed E-state index contributed by atoms with van der Waals surface area (Å²) in [7, 11) is 0. The lowest BCUT2D eigenvalue weighted by atomic mass is 10.0. The first kappa shape index (κ1) is 12.9. The molecule has 2 rings (SSSR count). The second-order valence-corrected chi connectivity index (χ2v) is 5.73. The highest BCUT2D eigenvalue weighted by molar-refractivity contribution is 9.10. The second-order valence-electron chi connectivity index (χ2n) is 4.88. The Morgan fingerprint density at radius 3 is 2.88 bits per heavy atom. The Kier molecular flexibility index (Phi) is 4.46. The highest BCUT2D eigenvalue weighted by Gasteiger charge is 2.22. The molecular formula is C14H20BrNO. The first-order chi connectivity index (χ1) is 8.19. The number of ether oxygens (including phenoxy) is 1. The van der Waals surface area contributed by atoms with Crippen LogP contribution in [0.25, 0.3) is 0 Å². The van der Waals surface area contributed by atoms with Crippen LogP contribution in [-0.4, -0.2) is 12.6 Å². The summed E-state index contributed by atoms with van der Waals surface area (Å²) < 4.78 is 6.90. The Morgan fingerprint density at radius 1 is 1.47 bits per heavy atom. The van der Waals surface area contributed by atoms with Crippen molar-refractivity contribution in [1.82, 2.24) is 0 Å². The lowest BCUT2D eigenvalue weighted by Gasteiger charge is -2.12. The monoisotopic (exact) mass is 297 g/mol. The largest absolute Gasteiger partial charge is 0.493 e. The molecule has 0 aromatic heterocycles. The molecule has 1 unspecified atom stereocenters. The van der Waals surface area contributed by atoms with Crippen LogP contribution in [0.4, 0.5) is 0 Å².